The van der Waals surface area contributed by atoms with Crippen LogP contribution in [-0.4, -0.2) is 32.1 Å². The standard InChI is InChI=1S/C23H30N2O5S/c1-16(2)15-19(24-22(27)30-23(3,4)5)21(26)25-31(28,29)20-14-10-9-13-18(20)17-11-7-6-8-12-17/h6-14,16,19H,15H2,1-5H3,(H,24,27)(H,25,26)/t19-/m0/s1. The molecular weight excluding hydrogens is 416 g/mol. The Morgan fingerprint density at radius 2 is 1.55 bits per heavy atom. The minimum Gasteiger partial charge on any atom is -0.444 e. The molecule has 0 unspecified atom stereocenters. The molecule has 1 atom stereocenters. The number of amides is 2. The summed E-state index contributed by atoms with van der Waals surface area (Å²) in [5, 5.41) is 2.49. The Balaban J connectivity index is 2.28. The van der Waals surface area contributed by atoms with E-state index in [1.807, 2.05) is 19.9 Å². The van der Waals surface area contributed by atoms with Gasteiger partial charge in [0.05, 0.1) is 4.90 Å². The molecule has 2 aromatic carbocycles. The molecule has 31 heavy (non-hydrogen) atoms. The maximum absolute atomic E-state index is 13.1. The first-order chi connectivity index (χ1) is 14.4. The van der Waals surface area contributed by atoms with Gasteiger partial charge in [0.25, 0.3) is 15.9 Å². The lowest BCUT2D eigenvalue weighted by Gasteiger charge is -2.24. The summed E-state index contributed by atoms with van der Waals surface area (Å²) in [6.45, 7) is 8.85. The lowest BCUT2D eigenvalue weighted by molar-refractivity contribution is -0.121. The van der Waals surface area contributed by atoms with E-state index in [0.717, 1.165) is 0 Å². The third-order valence-electron chi connectivity index (χ3n) is 4.21. The molecule has 0 bridgehead atoms. The molecule has 2 rings (SSSR count). The van der Waals surface area contributed by atoms with E-state index in [2.05, 4.69) is 10.0 Å². The highest BCUT2D eigenvalue weighted by Gasteiger charge is 2.29. The van der Waals surface area contributed by atoms with Crippen molar-refractivity contribution in [2.75, 3.05) is 0 Å². The lowest BCUT2D eigenvalue weighted by Crippen LogP contribution is -2.50. The Bertz CT molecular complexity index is 1010. The Morgan fingerprint density at radius 1 is 0.968 bits per heavy atom. The van der Waals surface area contributed by atoms with Gasteiger partial charge >= 0.3 is 6.09 Å². The third-order valence-corrected chi connectivity index (χ3v) is 5.62. The average Bonchev–Trinajstić information content (AvgIpc) is 2.66. The lowest BCUT2D eigenvalue weighted by atomic mass is 10.0. The van der Waals surface area contributed by atoms with Gasteiger partial charge in [-0.2, -0.15) is 0 Å². The molecule has 0 saturated heterocycles. The number of carbonyl (C=O) groups excluding carboxylic acids is 2. The molecular formula is C23H30N2O5S. The molecule has 0 fully saturated rings. The quantitative estimate of drug-likeness (QED) is 0.667. The molecule has 168 valence electrons. The number of ether oxygens (including phenoxy) is 1. The van der Waals surface area contributed by atoms with Crippen LogP contribution in [0.4, 0.5) is 4.79 Å². The second-order valence-electron chi connectivity index (χ2n) is 8.66. The van der Waals surface area contributed by atoms with Crippen LogP contribution in [0.5, 0.6) is 0 Å². The summed E-state index contributed by atoms with van der Waals surface area (Å²) in [5.74, 6) is -0.785. The highest BCUT2D eigenvalue weighted by atomic mass is 32.2. The normalized spacial score (nSPS) is 12.8. The van der Waals surface area contributed by atoms with E-state index in [0.29, 0.717) is 11.1 Å². The van der Waals surface area contributed by atoms with Gasteiger partial charge in [-0.3, -0.25) is 4.79 Å². The minimum atomic E-state index is -4.18. The zero-order chi connectivity index (χ0) is 23.2. The van der Waals surface area contributed by atoms with Crippen LogP contribution in [0, 0.1) is 5.92 Å². The third kappa shape index (κ3) is 7.40. The summed E-state index contributed by atoms with van der Waals surface area (Å²) in [6.07, 6.45) is -0.531. The zero-order valence-corrected chi connectivity index (χ0v) is 19.3. The molecule has 2 amide bonds. The van der Waals surface area contributed by atoms with Crippen LogP contribution in [0.1, 0.15) is 41.0 Å². The van der Waals surface area contributed by atoms with Crippen molar-refractivity contribution >= 4 is 22.0 Å². The molecule has 0 aliphatic heterocycles. The maximum Gasteiger partial charge on any atom is 0.408 e. The summed E-state index contributed by atoms with van der Waals surface area (Å²) < 4.78 is 33.5. The number of sulfonamides is 1. The second kappa shape index (κ2) is 9.96. The predicted octanol–water partition coefficient (Wildman–Crippen LogP) is 4.10. The van der Waals surface area contributed by atoms with E-state index in [4.69, 9.17) is 4.74 Å². The van der Waals surface area contributed by atoms with Crippen LogP contribution in [0.2, 0.25) is 0 Å². The maximum atomic E-state index is 13.1. The summed E-state index contributed by atoms with van der Waals surface area (Å²) in [6, 6.07) is 14.4. The van der Waals surface area contributed by atoms with Crippen LogP contribution < -0.4 is 10.0 Å². The average molecular weight is 447 g/mol. The number of rotatable bonds is 7. The van der Waals surface area contributed by atoms with Crippen molar-refractivity contribution in [3.8, 4) is 11.1 Å². The van der Waals surface area contributed by atoms with Gasteiger partial charge < -0.3 is 10.1 Å². The number of hydrogen-bond acceptors (Lipinski definition) is 5. The van der Waals surface area contributed by atoms with Crippen LogP contribution >= 0.6 is 0 Å². The van der Waals surface area contributed by atoms with Gasteiger partial charge in [-0.15, -0.1) is 0 Å². The molecule has 0 radical (unpaired) electrons. The largest absolute Gasteiger partial charge is 0.444 e. The fourth-order valence-corrected chi connectivity index (χ4v) is 4.22. The number of nitrogens with one attached hydrogen (secondary N) is 2. The minimum absolute atomic E-state index is 0.0184. The highest BCUT2D eigenvalue weighted by Crippen LogP contribution is 2.27. The number of hydrogen-bond donors (Lipinski definition) is 2. The van der Waals surface area contributed by atoms with Crippen LogP contribution in [0.3, 0.4) is 0 Å². The van der Waals surface area contributed by atoms with Crippen LogP contribution in [0.15, 0.2) is 59.5 Å². The van der Waals surface area contributed by atoms with Gasteiger partial charge in [0, 0.05) is 5.56 Å². The van der Waals surface area contributed by atoms with Crippen molar-refractivity contribution < 1.29 is 22.7 Å². The van der Waals surface area contributed by atoms with E-state index < -0.39 is 33.7 Å². The highest BCUT2D eigenvalue weighted by molar-refractivity contribution is 7.90. The molecule has 0 aliphatic carbocycles. The molecule has 2 aromatic rings. The van der Waals surface area contributed by atoms with E-state index >= 15 is 0 Å². The first kappa shape index (κ1) is 24.4. The van der Waals surface area contributed by atoms with Crippen molar-refractivity contribution in [1.29, 1.82) is 0 Å². The number of benzene rings is 2. The molecule has 0 aromatic heterocycles. The Morgan fingerprint density at radius 3 is 2.13 bits per heavy atom. The first-order valence-corrected chi connectivity index (χ1v) is 11.6. The Kier molecular flexibility index (Phi) is 7.84. The summed E-state index contributed by atoms with van der Waals surface area (Å²) >= 11 is 0. The van der Waals surface area contributed by atoms with Gasteiger partial charge in [0.1, 0.15) is 11.6 Å². The fraction of sp³-hybridized carbons (Fsp3) is 0.391. The van der Waals surface area contributed by atoms with E-state index in [-0.39, 0.29) is 17.2 Å². The summed E-state index contributed by atoms with van der Waals surface area (Å²) in [5.41, 5.74) is 0.439. The molecule has 2 N–H and O–H groups in total. The van der Waals surface area contributed by atoms with Crippen molar-refractivity contribution in [1.82, 2.24) is 10.0 Å². The topological polar surface area (TPSA) is 102 Å². The molecule has 0 aliphatic rings. The second-order valence-corrected chi connectivity index (χ2v) is 10.3. The first-order valence-electron chi connectivity index (χ1n) is 10.1. The molecule has 7 nitrogen and oxygen atoms in total. The van der Waals surface area contributed by atoms with Crippen molar-refractivity contribution in [3.63, 3.8) is 0 Å². The van der Waals surface area contributed by atoms with Gasteiger partial charge in [-0.1, -0.05) is 62.4 Å². The predicted molar refractivity (Wildman–Crippen MR) is 120 cm³/mol. The van der Waals surface area contributed by atoms with Crippen molar-refractivity contribution in [3.05, 3.63) is 54.6 Å². The van der Waals surface area contributed by atoms with Gasteiger partial charge in [0.2, 0.25) is 0 Å². The molecule has 0 saturated carbocycles. The van der Waals surface area contributed by atoms with Crippen LogP contribution in [0.25, 0.3) is 11.1 Å². The zero-order valence-electron chi connectivity index (χ0n) is 18.5. The fourth-order valence-electron chi connectivity index (χ4n) is 2.97. The van der Waals surface area contributed by atoms with E-state index in [1.54, 1.807) is 63.2 Å². The van der Waals surface area contributed by atoms with Crippen LogP contribution in [-0.2, 0) is 19.6 Å². The molecule has 0 heterocycles. The summed E-state index contributed by atoms with van der Waals surface area (Å²) in [4.78, 5) is 25.0. The smallest absolute Gasteiger partial charge is 0.408 e. The monoisotopic (exact) mass is 446 g/mol. The Labute approximate surface area is 184 Å². The SMILES string of the molecule is CC(C)C[C@H](NC(=O)OC(C)(C)C)C(=O)NS(=O)(=O)c1ccccc1-c1ccccc1. The molecule has 8 heteroatoms. The van der Waals surface area contributed by atoms with E-state index in [1.165, 1.54) is 6.07 Å². The van der Waals surface area contributed by atoms with E-state index in [9.17, 15) is 18.0 Å². The van der Waals surface area contributed by atoms with Gasteiger partial charge in [-0.05, 0) is 44.7 Å². The van der Waals surface area contributed by atoms with Crippen molar-refractivity contribution in [2.24, 2.45) is 5.92 Å². The van der Waals surface area contributed by atoms with Gasteiger partial charge in [-0.25, -0.2) is 17.9 Å². The van der Waals surface area contributed by atoms with Crippen molar-refractivity contribution in [2.45, 2.75) is 57.6 Å². The van der Waals surface area contributed by atoms with Gasteiger partial charge in [0.15, 0.2) is 0 Å². The summed E-state index contributed by atoms with van der Waals surface area (Å²) in [7, 11) is -4.18. The Hall–Kier alpha value is -2.87. The molecule has 0 spiro atoms. The number of alkyl carbamates (subject to hydrolysis) is 1. The number of carbonyl (C=O) groups is 2.